The third-order valence-corrected chi connectivity index (χ3v) is 10.2. The van der Waals surface area contributed by atoms with Crippen molar-refractivity contribution in [1.82, 2.24) is 0 Å². The largest absolute Gasteiger partial charge is 0.456 e. The van der Waals surface area contributed by atoms with Crippen LogP contribution in [0.1, 0.15) is 0 Å². The van der Waals surface area contributed by atoms with Gasteiger partial charge in [-0.2, -0.15) is 0 Å². The molecule has 6 aromatic carbocycles. The number of fused-ring (bicyclic) bond motifs is 4. The molecule has 0 unspecified atom stereocenters. The van der Waals surface area contributed by atoms with Crippen LogP contribution >= 0.6 is 7.14 Å². The van der Waals surface area contributed by atoms with Gasteiger partial charge in [-0.15, -0.1) is 0 Å². The highest BCUT2D eigenvalue weighted by molar-refractivity contribution is 7.85. The van der Waals surface area contributed by atoms with Gasteiger partial charge in [-0.05, 0) is 52.2 Å². The summed E-state index contributed by atoms with van der Waals surface area (Å²) in [6, 6.07) is 46.8. The average molecular weight is 495 g/mol. The SMILES string of the molecule is O=P(c1ccccc1)(c1ccccc1)c1ccc2oc3ccc(-c4cccc5ccccc45)cc3c2c1. The monoisotopic (exact) mass is 494 g/mol. The molecule has 0 atom stereocenters. The molecule has 7 aromatic rings. The van der Waals surface area contributed by atoms with Gasteiger partial charge in [0.1, 0.15) is 11.2 Å². The molecule has 1 heterocycles. The van der Waals surface area contributed by atoms with E-state index in [9.17, 15) is 4.57 Å². The minimum atomic E-state index is -3.08. The van der Waals surface area contributed by atoms with Crippen LogP contribution in [-0.2, 0) is 4.57 Å². The second-order valence-corrected chi connectivity index (χ2v) is 12.1. The van der Waals surface area contributed by atoms with Crippen LogP contribution in [0.3, 0.4) is 0 Å². The second kappa shape index (κ2) is 8.62. The number of furan rings is 1. The summed E-state index contributed by atoms with van der Waals surface area (Å²) in [4.78, 5) is 0. The number of hydrogen-bond donors (Lipinski definition) is 0. The Labute approximate surface area is 215 Å². The van der Waals surface area contributed by atoms with E-state index in [1.165, 1.54) is 16.3 Å². The molecule has 1 aromatic heterocycles. The molecule has 2 nitrogen and oxygen atoms in total. The van der Waals surface area contributed by atoms with E-state index in [0.29, 0.717) is 0 Å². The fourth-order valence-electron chi connectivity index (χ4n) is 5.33. The molecule has 0 fully saturated rings. The van der Waals surface area contributed by atoms with Crippen LogP contribution < -0.4 is 15.9 Å². The maximum absolute atomic E-state index is 14.9. The Hall–Kier alpha value is -4.39. The topological polar surface area (TPSA) is 30.2 Å². The van der Waals surface area contributed by atoms with E-state index in [1.807, 2.05) is 78.9 Å². The number of rotatable bonds is 4. The fraction of sp³-hybridized carbons (Fsp3) is 0. The smallest absolute Gasteiger partial charge is 0.171 e. The van der Waals surface area contributed by atoms with Crippen molar-refractivity contribution in [3.63, 3.8) is 0 Å². The van der Waals surface area contributed by atoms with Crippen molar-refractivity contribution in [3.8, 4) is 11.1 Å². The van der Waals surface area contributed by atoms with E-state index < -0.39 is 7.14 Å². The highest BCUT2D eigenvalue weighted by Gasteiger charge is 2.30. The molecule has 0 bridgehead atoms. The first-order valence-electron chi connectivity index (χ1n) is 12.4. The van der Waals surface area contributed by atoms with Crippen LogP contribution in [0, 0.1) is 0 Å². The van der Waals surface area contributed by atoms with Crippen molar-refractivity contribution in [2.75, 3.05) is 0 Å². The first-order chi connectivity index (χ1) is 18.2. The summed E-state index contributed by atoms with van der Waals surface area (Å²) in [7, 11) is -3.08. The lowest BCUT2D eigenvalue weighted by Gasteiger charge is -2.20. The molecule has 37 heavy (non-hydrogen) atoms. The average Bonchev–Trinajstić information content (AvgIpc) is 3.34. The van der Waals surface area contributed by atoms with E-state index in [0.717, 1.165) is 43.4 Å². The van der Waals surface area contributed by atoms with E-state index in [-0.39, 0.29) is 0 Å². The van der Waals surface area contributed by atoms with Crippen LogP contribution in [0.4, 0.5) is 0 Å². The lowest BCUT2D eigenvalue weighted by molar-refractivity contribution is 0.592. The van der Waals surface area contributed by atoms with Gasteiger partial charge in [0.15, 0.2) is 7.14 Å². The maximum atomic E-state index is 14.9. The van der Waals surface area contributed by atoms with Crippen LogP contribution in [0.2, 0.25) is 0 Å². The van der Waals surface area contributed by atoms with E-state index in [1.54, 1.807) is 0 Å². The minimum absolute atomic E-state index is 0.793. The van der Waals surface area contributed by atoms with Gasteiger partial charge in [-0.3, -0.25) is 0 Å². The van der Waals surface area contributed by atoms with Gasteiger partial charge in [0.2, 0.25) is 0 Å². The molecular formula is C34H23O2P. The summed E-state index contributed by atoms with van der Waals surface area (Å²) in [6.07, 6.45) is 0. The molecule has 7 rings (SSSR count). The molecule has 0 aliphatic carbocycles. The molecule has 0 amide bonds. The predicted molar refractivity (Wildman–Crippen MR) is 156 cm³/mol. The van der Waals surface area contributed by atoms with Gasteiger partial charge >= 0.3 is 0 Å². The summed E-state index contributed by atoms with van der Waals surface area (Å²) in [6.45, 7) is 0. The Kier molecular flexibility index (Phi) is 5.09. The highest BCUT2D eigenvalue weighted by Crippen LogP contribution is 2.44. The molecule has 0 spiro atoms. The Bertz CT molecular complexity index is 1900. The molecule has 0 aliphatic heterocycles. The Morgan fingerprint density at radius 2 is 1.05 bits per heavy atom. The predicted octanol–water partition coefficient (Wildman–Crippen LogP) is 8.05. The van der Waals surface area contributed by atoms with Crippen LogP contribution in [0.15, 0.2) is 144 Å². The second-order valence-electron chi connectivity index (χ2n) is 9.30. The van der Waals surface area contributed by atoms with Gasteiger partial charge in [0.05, 0.1) is 0 Å². The molecule has 0 radical (unpaired) electrons. The van der Waals surface area contributed by atoms with E-state index >= 15 is 0 Å². The zero-order valence-electron chi connectivity index (χ0n) is 20.0. The molecule has 0 saturated carbocycles. The summed E-state index contributed by atoms with van der Waals surface area (Å²) >= 11 is 0. The normalized spacial score (nSPS) is 11.9. The van der Waals surface area contributed by atoms with Gasteiger partial charge in [-0.25, -0.2) is 0 Å². The third-order valence-electron chi connectivity index (χ3n) is 7.16. The molecule has 0 saturated heterocycles. The summed E-state index contributed by atoms with van der Waals surface area (Å²) in [5, 5.41) is 6.88. The maximum Gasteiger partial charge on any atom is 0.171 e. The first-order valence-corrected chi connectivity index (χ1v) is 14.1. The van der Waals surface area contributed by atoms with Crippen molar-refractivity contribution in [2.45, 2.75) is 0 Å². The molecule has 176 valence electrons. The highest BCUT2D eigenvalue weighted by atomic mass is 31.2. The van der Waals surface area contributed by atoms with E-state index in [4.69, 9.17) is 4.42 Å². The number of benzene rings is 6. The quantitative estimate of drug-likeness (QED) is 0.232. The summed E-state index contributed by atoms with van der Waals surface area (Å²) in [5.41, 5.74) is 3.93. The zero-order valence-corrected chi connectivity index (χ0v) is 20.9. The lowest BCUT2D eigenvalue weighted by atomic mass is 9.97. The molecule has 0 aliphatic rings. The first kappa shape index (κ1) is 21.9. The zero-order chi connectivity index (χ0) is 24.8. The number of hydrogen-bond acceptors (Lipinski definition) is 2. The van der Waals surface area contributed by atoms with E-state index in [2.05, 4.69) is 60.7 Å². The van der Waals surface area contributed by atoms with Crippen LogP contribution in [0.25, 0.3) is 43.8 Å². The van der Waals surface area contributed by atoms with Crippen LogP contribution in [0.5, 0.6) is 0 Å². The van der Waals surface area contributed by atoms with Crippen LogP contribution in [-0.4, -0.2) is 0 Å². The molecular weight excluding hydrogens is 471 g/mol. The summed E-state index contributed by atoms with van der Waals surface area (Å²) < 4.78 is 21.1. The van der Waals surface area contributed by atoms with Crippen molar-refractivity contribution >= 4 is 55.8 Å². The van der Waals surface area contributed by atoms with Gasteiger partial charge in [0, 0.05) is 26.7 Å². The minimum Gasteiger partial charge on any atom is -0.456 e. The fourth-order valence-corrected chi connectivity index (χ4v) is 8.00. The lowest BCUT2D eigenvalue weighted by Crippen LogP contribution is -2.24. The summed E-state index contributed by atoms with van der Waals surface area (Å²) in [5.74, 6) is 0. The molecule has 0 N–H and O–H groups in total. The van der Waals surface area contributed by atoms with Crippen molar-refractivity contribution in [1.29, 1.82) is 0 Å². The van der Waals surface area contributed by atoms with Gasteiger partial charge in [-0.1, -0.05) is 109 Å². The van der Waals surface area contributed by atoms with Gasteiger partial charge < -0.3 is 8.98 Å². The van der Waals surface area contributed by atoms with Crippen molar-refractivity contribution in [2.24, 2.45) is 0 Å². The molecule has 3 heteroatoms. The van der Waals surface area contributed by atoms with Crippen molar-refractivity contribution < 1.29 is 8.98 Å². The Morgan fingerprint density at radius 1 is 0.459 bits per heavy atom. The van der Waals surface area contributed by atoms with Crippen molar-refractivity contribution in [3.05, 3.63) is 140 Å². The Balaban J connectivity index is 1.46. The van der Waals surface area contributed by atoms with Gasteiger partial charge in [0.25, 0.3) is 0 Å². The standard InChI is InChI=1S/C34H23O2P/c35-37(26-12-3-1-4-13-26,27-14-5-2-6-15-27)28-19-21-34-32(23-28)31-22-25(18-20-33(31)36-34)30-17-9-11-24-10-7-8-16-29(24)30/h1-23H. The Morgan fingerprint density at radius 3 is 1.78 bits per heavy atom. The third kappa shape index (κ3) is 3.53.